The van der Waals surface area contributed by atoms with Crippen molar-refractivity contribution in [2.75, 3.05) is 13.2 Å². The second-order valence-electron chi connectivity index (χ2n) is 9.42. The maximum absolute atomic E-state index is 12.6. The highest BCUT2D eigenvalue weighted by atomic mass is 16.5. The zero-order valence-electron chi connectivity index (χ0n) is 23.5. The lowest BCUT2D eigenvalue weighted by atomic mass is 10.2. The number of aryl methyl sites for hydroxylation is 1. The van der Waals surface area contributed by atoms with Gasteiger partial charge in [-0.25, -0.2) is 9.59 Å². The van der Waals surface area contributed by atoms with Crippen LogP contribution in [0.4, 0.5) is 0 Å². The van der Waals surface area contributed by atoms with Crippen LogP contribution in [0.3, 0.4) is 0 Å². The van der Waals surface area contributed by atoms with Gasteiger partial charge in [-0.15, -0.1) is 0 Å². The standard InChI is InChI=1S/C33H36O8/c1-4-6-7-8-20-38-26-13-11-25(12-14-26)33(37)41-31-18-17-28(22-23(31)3)40-32(36)24-9-15-27(16-10-24)39-21-19-30(35)29(34)5-2/h5,9-18,22,30,35H,2,4,6-8,19-21H2,1,3H3. The molecule has 3 aromatic carbocycles. The Balaban J connectivity index is 1.49. The molecule has 0 spiro atoms. The summed E-state index contributed by atoms with van der Waals surface area (Å²) in [6, 6.07) is 17.9. The first-order valence-electron chi connectivity index (χ1n) is 13.7. The summed E-state index contributed by atoms with van der Waals surface area (Å²) >= 11 is 0. The number of esters is 2. The Morgan fingerprint density at radius 2 is 1.34 bits per heavy atom. The van der Waals surface area contributed by atoms with Gasteiger partial charge >= 0.3 is 11.9 Å². The minimum absolute atomic E-state index is 0.125. The topological polar surface area (TPSA) is 108 Å². The molecule has 1 unspecified atom stereocenters. The van der Waals surface area contributed by atoms with Crippen molar-refractivity contribution in [1.29, 1.82) is 0 Å². The predicted octanol–water partition coefficient (Wildman–Crippen LogP) is 6.28. The van der Waals surface area contributed by atoms with Crippen molar-refractivity contribution in [3.63, 3.8) is 0 Å². The van der Waals surface area contributed by atoms with E-state index in [0.29, 0.717) is 46.3 Å². The lowest BCUT2D eigenvalue weighted by Gasteiger charge is -2.11. The molecule has 0 aliphatic heterocycles. The van der Waals surface area contributed by atoms with E-state index in [1.54, 1.807) is 73.7 Å². The summed E-state index contributed by atoms with van der Waals surface area (Å²) in [7, 11) is 0. The molecular weight excluding hydrogens is 524 g/mol. The van der Waals surface area contributed by atoms with Crippen LogP contribution in [0.1, 0.15) is 65.3 Å². The third-order valence-corrected chi connectivity index (χ3v) is 6.20. The number of ether oxygens (including phenoxy) is 4. The second-order valence-corrected chi connectivity index (χ2v) is 9.42. The van der Waals surface area contributed by atoms with Gasteiger partial charge in [0.25, 0.3) is 0 Å². The molecule has 0 aliphatic carbocycles. The Morgan fingerprint density at radius 1 is 0.780 bits per heavy atom. The van der Waals surface area contributed by atoms with Crippen LogP contribution in [-0.4, -0.2) is 42.1 Å². The molecule has 8 heteroatoms. The molecule has 0 heterocycles. The summed E-state index contributed by atoms with van der Waals surface area (Å²) in [5, 5.41) is 9.65. The van der Waals surface area contributed by atoms with Crippen LogP contribution in [0.5, 0.6) is 23.0 Å². The van der Waals surface area contributed by atoms with Gasteiger partial charge in [0.2, 0.25) is 0 Å². The summed E-state index contributed by atoms with van der Waals surface area (Å²) < 4.78 is 22.2. The first-order valence-corrected chi connectivity index (χ1v) is 13.7. The number of hydrogen-bond acceptors (Lipinski definition) is 8. The van der Waals surface area contributed by atoms with Crippen molar-refractivity contribution in [1.82, 2.24) is 0 Å². The number of benzene rings is 3. The number of aliphatic hydroxyl groups is 1. The lowest BCUT2D eigenvalue weighted by Crippen LogP contribution is -2.20. The molecule has 41 heavy (non-hydrogen) atoms. The highest BCUT2D eigenvalue weighted by molar-refractivity contribution is 5.93. The molecule has 216 valence electrons. The van der Waals surface area contributed by atoms with Crippen molar-refractivity contribution in [2.24, 2.45) is 0 Å². The summed E-state index contributed by atoms with van der Waals surface area (Å²) in [4.78, 5) is 36.6. The van der Waals surface area contributed by atoms with E-state index in [-0.39, 0.29) is 13.0 Å². The van der Waals surface area contributed by atoms with Gasteiger partial charge in [0.1, 0.15) is 29.1 Å². The summed E-state index contributed by atoms with van der Waals surface area (Å²) in [6.45, 7) is 8.02. The third-order valence-electron chi connectivity index (χ3n) is 6.20. The number of rotatable bonds is 16. The average Bonchev–Trinajstić information content (AvgIpc) is 2.98. The fourth-order valence-corrected chi connectivity index (χ4v) is 3.78. The van der Waals surface area contributed by atoms with Crippen molar-refractivity contribution in [2.45, 2.75) is 52.1 Å². The Bertz CT molecular complexity index is 1310. The largest absolute Gasteiger partial charge is 0.494 e. The van der Waals surface area contributed by atoms with Crippen LogP contribution in [0.25, 0.3) is 0 Å². The molecule has 3 rings (SSSR count). The SMILES string of the molecule is C=CC(=O)C(O)CCOc1ccc(C(=O)Oc2ccc(OC(=O)c3ccc(OCCCCCC)cc3)c(C)c2)cc1. The van der Waals surface area contributed by atoms with Crippen molar-refractivity contribution >= 4 is 17.7 Å². The van der Waals surface area contributed by atoms with Crippen molar-refractivity contribution in [3.05, 3.63) is 96.1 Å². The molecule has 0 saturated carbocycles. The predicted molar refractivity (Wildman–Crippen MR) is 155 cm³/mol. The van der Waals surface area contributed by atoms with E-state index in [1.807, 2.05) is 0 Å². The molecule has 0 amide bonds. The van der Waals surface area contributed by atoms with Gasteiger partial charge in [-0.3, -0.25) is 4.79 Å². The van der Waals surface area contributed by atoms with E-state index >= 15 is 0 Å². The fourth-order valence-electron chi connectivity index (χ4n) is 3.78. The molecule has 8 nitrogen and oxygen atoms in total. The molecular formula is C33H36O8. The average molecular weight is 561 g/mol. The number of ketones is 1. The van der Waals surface area contributed by atoms with E-state index in [9.17, 15) is 19.5 Å². The Morgan fingerprint density at radius 3 is 1.90 bits per heavy atom. The summed E-state index contributed by atoms with van der Waals surface area (Å²) in [6.07, 6.45) is 4.54. The van der Waals surface area contributed by atoms with Crippen LogP contribution in [0.2, 0.25) is 0 Å². The second kappa shape index (κ2) is 16.0. The molecule has 0 aliphatic rings. The maximum Gasteiger partial charge on any atom is 0.343 e. The van der Waals surface area contributed by atoms with Crippen LogP contribution >= 0.6 is 0 Å². The third kappa shape index (κ3) is 9.92. The van der Waals surface area contributed by atoms with Crippen molar-refractivity contribution in [3.8, 4) is 23.0 Å². The molecule has 0 aromatic heterocycles. The van der Waals surface area contributed by atoms with E-state index in [0.717, 1.165) is 18.9 Å². The number of aliphatic hydroxyl groups excluding tert-OH is 1. The molecule has 0 bridgehead atoms. The van der Waals surface area contributed by atoms with Gasteiger partial charge < -0.3 is 24.1 Å². The van der Waals surface area contributed by atoms with Gasteiger partial charge in [0.05, 0.1) is 24.3 Å². The van der Waals surface area contributed by atoms with E-state index in [4.69, 9.17) is 18.9 Å². The van der Waals surface area contributed by atoms with Gasteiger partial charge in [-0.2, -0.15) is 0 Å². The Labute approximate surface area is 240 Å². The highest BCUT2D eigenvalue weighted by Gasteiger charge is 2.14. The van der Waals surface area contributed by atoms with Crippen LogP contribution in [0, 0.1) is 6.92 Å². The van der Waals surface area contributed by atoms with Crippen LogP contribution < -0.4 is 18.9 Å². The molecule has 0 radical (unpaired) electrons. The number of unbranched alkanes of at least 4 members (excludes halogenated alkanes) is 3. The summed E-state index contributed by atoms with van der Waals surface area (Å²) in [5.74, 6) is 0.306. The quantitative estimate of drug-likeness (QED) is 0.0944. The number of hydrogen-bond donors (Lipinski definition) is 1. The Hall–Kier alpha value is -4.43. The van der Waals surface area contributed by atoms with Crippen molar-refractivity contribution < 1.29 is 38.4 Å². The van der Waals surface area contributed by atoms with Gasteiger partial charge in [-0.05, 0) is 91.7 Å². The molecule has 0 saturated heterocycles. The molecule has 3 aromatic rings. The highest BCUT2D eigenvalue weighted by Crippen LogP contribution is 2.26. The zero-order valence-corrected chi connectivity index (χ0v) is 23.5. The monoisotopic (exact) mass is 560 g/mol. The zero-order chi connectivity index (χ0) is 29.6. The normalized spacial score (nSPS) is 11.3. The van der Waals surface area contributed by atoms with Crippen LogP contribution in [0.15, 0.2) is 79.4 Å². The van der Waals surface area contributed by atoms with E-state index in [1.165, 1.54) is 12.8 Å². The molecule has 1 N–H and O–H groups in total. The van der Waals surface area contributed by atoms with Gasteiger partial charge in [0.15, 0.2) is 5.78 Å². The van der Waals surface area contributed by atoms with Gasteiger partial charge in [0, 0.05) is 6.42 Å². The summed E-state index contributed by atoms with van der Waals surface area (Å²) in [5.41, 5.74) is 1.32. The maximum atomic E-state index is 12.6. The van der Waals surface area contributed by atoms with E-state index < -0.39 is 23.8 Å². The number of carbonyl (C=O) groups excluding carboxylic acids is 3. The molecule has 0 fully saturated rings. The first-order chi connectivity index (χ1) is 19.8. The Kier molecular flexibility index (Phi) is 12.1. The number of carbonyl (C=O) groups is 3. The van der Waals surface area contributed by atoms with Gasteiger partial charge in [-0.1, -0.05) is 32.8 Å². The fraction of sp³-hybridized carbons (Fsp3) is 0.303. The van der Waals surface area contributed by atoms with Crippen LogP contribution in [-0.2, 0) is 4.79 Å². The smallest absolute Gasteiger partial charge is 0.343 e. The van der Waals surface area contributed by atoms with E-state index in [2.05, 4.69) is 13.5 Å². The minimum atomic E-state index is -1.16. The lowest BCUT2D eigenvalue weighted by molar-refractivity contribution is -0.122. The first kappa shape index (κ1) is 31.1. The molecule has 1 atom stereocenters. The minimum Gasteiger partial charge on any atom is -0.494 e.